The van der Waals surface area contributed by atoms with Gasteiger partial charge in [0.25, 0.3) is 0 Å². The summed E-state index contributed by atoms with van der Waals surface area (Å²) in [5, 5.41) is 23.6. The highest BCUT2D eigenvalue weighted by Crippen LogP contribution is 2.38. The Labute approximate surface area is 179 Å². The van der Waals surface area contributed by atoms with E-state index in [2.05, 4.69) is 34.6 Å². The number of aromatic nitrogens is 4. The van der Waals surface area contributed by atoms with Gasteiger partial charge in [0.05, 0.1) is 34.4 Å². The van der Waals surface area contributed by atoms with Gasteiger partial charge in [-0.25, -0.2) is 4.79 Å². The largest absolute Gasteiger partial charge is 0.362 e. The van der Waals surface area contributed by atoms with Crippen LogP contribution in [0.1, 0.15) is 54.2 Å². The topological polar surface area (TPSA) is 88.5 Å². The minimum atomic E-state index is -0.0643. The molecule has 1 N–H and O–H groups in total. The molecule has 2 heterocycles. The maximum atomic E-state index is 12.8. The highest BCUT2D eigenvalue weighted by molar-refractivity contribution is 6.01. The molecule has 0 spiro atoms. The Hall–Kier alpha value is -3.66. The first-order valence-electron chi connectivity index (χ1n) is 10.5. The number of nitrogens with one attached hydrogen (secondary N) is 1. The van der Waals surface area contributed by atoms with E-state index in [1.165, 1.54) is 0 Å². The minimum Gasteiger partial charge on any atom is -0.362 e. The second-order valence-electron chi connectivity index (χ2n) is 8.46. The fourth-order valence-corrected chi connectivity index (χ4v) is 4.45. The van der Waals surface area contributed by atoms with Crippen molar-refractivity contribution in [2.45, 2.75) is 45.7 Å². The Morgan fingerprint density at radius 2 is 1.90 bits per heavy atom. The zero-order valence-corrected chi connectivity index (χ0v) is 18.1. The van der Waals surface area contributed by atoms with Gasteiger partial charge in [0.1, 0.15) is 0 Å². The van der Waals surface area contributed by atoms with Crippen LogP contribution in [0.25, 0.3) is 21.8 Å². The summed E-state index contributed by atoms with van der Waals surface area (Å²) in [6, 6.07) is 12.3. The van der Waals surface area contributed by atoms with Crippen LogP contribution in [0.15, 0.2) is 35.1 Å². The molecule has 0 radical (unpaired) electrons. The van der Waals surface area contributed by atoms with Gasteiger partial charge in [-0.05, 0) is 62.9 Å². The van der Waals surface area contributed by atoms with Crippen molar-refractivity contribution in [3.63, 3.8) is 0 Å². The molecule has 1 saturated carbocycles. The van der Waals surface area contributed by atoms with E-state index in [4.69, 9.17) is 0 Å². The van der Waals surface area contributed by atoms with Crippen LogP contribution in [-0.2, 0) is 7.05 Å². The molecule has 0 saturated heterocycles. The Morgan fingerprint density at radius 1 is 1.16 bits per heavy atom. The predicted octanol–water partition coefficient (Wildman–Crippen LogP) is 4.28. The number of aryl methyl sites for hydroxylation is 2. The van der Waals surface area contributed by atoms with Crippen molar-refractivity contribution in [2.24, 2.45) is 7.05 Å². The number of anilines is 1. The van der Waals surface area contributed by atoms with Crippen molar-refractivity contribution >= 4 is 27.6 Å². The molecule has 0 aliphatic heterocycles. The minimum absolute atomic E-state index is 0.0261. The van der Waals surface area contributed by atoms with Gasteiger partial charge in [-0.1, -0.05) is 12.1 Å². The first-order valence-corrected chi connectivity index (χ1v) is 10.5. The molecule has 4 aromatic rings. The molecule has 7 nitrogen and oxygen atoms in total. The summed E-state index contributed by atoms with van der Waals surface area (Å²) in [7, 11) is 1.82. The highest BCUT2D eigenvalue weighted by Gasteiger charge is 2.29. The van der Waals surface area contributed by atoms with E-state index >= 15 is 0 Å². The summed E-state index contributed by atoms with van der Waals surface area (Å²) in [6.45, 7) is 5.95. The first-order chi connectivity index (χ1) is 14.9. The van der Waals surface area contributed by atoms with Gasteiger partial charge in [0.2, 0.25) is 0 Å². The Morgan fingerprint density at radius 3 is 2.61 bits per heavy atom. The Kier molecular flexibility index (Phi) is 4.33. The van der Waals surface area contributed by atoms with Crippen molar-refractivity contribution in [2.75, 3.05) is 5.32 Å². The van der Waals surface area contributed by atoms with E-state index < -0.39 is 0 Å². The van der Waals surface area contributed by atoms with E-state index in [1.54, 1.807) is 4.57 Å². The molecule has 2 aromatic carbocycles. The third-order valence-corrected chi connectivity index (χ3v) is 6.40. The molecule has 1 fully saturated rings. The molecular formula is C24H24N6O. The SMILES string of the molecule is Cc1c(C#N)cccc1[C@@H](C)Nc1nnc(C)c2cc3c(cc12)n(C1CC1)c(=O)n3C. The number of benzene rings is 2. The fraction of sp³-hybridized carbons (Fsp3) is 0.333. The fourth-order valence-electron chi connectivity index (χ4n) is 4.45. The number of hydrogen-bond donors (Lipinski definition) is 1. The van der Waals surface area contributed by atoms with E-state index in [-0.39, 0.29) is 17.8 Å². The molecule has 156 valence electrons. The summed E-state index contributed by atoms with van der Waals surface area (Å²) < 4.78 is 3.64. The van der Waals surface area contributed by atoms with Crippen LogP contribution in [0.2, 0.25) is 0 Å². The van der Waals surface area contributed by atoms with Gasteiger partial charge in [-0.15, -0.1) is 5.10 Å². The van der Waals surface area contributed by atoms with E-state index in [9.17, 15) is 10.1 Å². The van der Waals surface area contributed by atoms with Crippen LogP contribution in [-0.4, -0.2) is 19.3 Å². The van der Waals surface area contributed by atoms with Crippen molar-refractivity contribution in [1.29, 1.82) is 5.26 Å². The number of imidazole rings is 1. The lowest BCUT2D eigenvalue weighted by Crippen LogP contribution is -2.21. The van der Waals surface area contributed by atoms with Gasteiger partial charge in [-0.3, -0.25) is 9.13 Å². The van der Waals surface area contributed by atoms with Crippen molar-refractivity contribution in [1.82, 2.24) is 19.3 Å². The normalized spacial score (nSPS) is 14.7. The van der Waals surface area contributed by atoms with Crippen molar-refractivity contribution in [3.8, 4) is 6.07 Å². The van der Waals surface area contributed by atoms with Gasteiger partial charge in [-0.2, -0.15) is 10.4 Å². The van der Waals surface area contributed by atoms with Gasteiger partial charge < -0.3 is 5.32 Å². The predicted molar refractivity (Wildman–Crippen MR) is 121 cm³/mol. The first kappa shape index (κ1) is 19.3. The highest BCUT2D eigenvalue weighted by atomic mass is 16.1. The third-order valence-electron chi connectivity index (χ3n) is 6.40. The van der Waals surface area contributed by atoms with Crippen LogP contribution in [0.4, 0.5) is 5.82 Å². The number of hydrogen-bond acceptors (Lipinski definition) is 5. The Bertz CT molecular complexity index is 1450. The van der Waals surface area contributed by atoms with Gasteiger partial charge in [0, 0.05) is 23.9 Å². The number of nitrogens with zero attached hydrogens (tertiary/aromatic N) is 5. The van der Waals surface area contributed by atoms with Crippen LogP contribution < -0.4 is 11.0 Å². The molecule has 1 atom stereocenters. The quantitative estimate of drug-likeness (QED) is 0.540. The van der Waals surface area contributed by atoms with Crippen LogP contribution in [0.3, 0.4) is 0 Å². The molecule has 0 bridgehead atoms. The maximum absolute atomic E-state index is 12.8. The second-order valence-corrected chi connectivity index (χ2v) is 8.46. The lowest BCUT2D eigenvalue weighted by atomic mass is 9.98. The lowest BCUT2D eigenvalue weighted by molar-refractivity contribution is 0.696. The molecular weight excluding hydrogens is 388 g/mol. The molecule has 0 unspecified atom stereocenters. The monoisotopic (exact) mass is 412 g/mol. The maximum Gasteiger partial charge on any atom is 0.329 e. The van der Waals surface area contributed by atoms with E-state index in [0.717, 1.165) is 51.5 Å². The summed E-state index contributed by atoms with van der Waals surface area (Å²) in [5.41, 5.74) is 5.38. The molecule has 0 amide bonds. The zero-order valence-electron chi connectivity index (χ0n) is 18.1. The van der Waals surface area contributed by atoms with Gasteiger partial charge in [0.15, 0.2) is 5.82 Å². The Balaban J connectivity index is 1.67. The summed E-state index contributed by atoms with van der Waals surface area (Å²) in [5.74, 6) is 0.676. The number of fused-ring (bicyclic) bond motifs is 2. The summed E-state index contributed by atoms with van der Waals surface area (Å²) in [6.07, 6.45) is 2.09. The molecule has 31 heavy (non-hydrogen) atoms. The standard InChI is InChI=1S/C24H24N6O/c1-13-16(12-25)6-5-7-18(13)14(2)26-23-20-11-22-21(10-19(20)15(3)27-28-23)29(4)24(31)30(22)17-8-9-17/h5-7,10-11,14,17H,8-9H2,1-4H3,(H,26,28)/t14-/m1/s1. The van der Waals surface area contributed by atoms with Crippen LogP contribution in [0.5, 0.6) is 0 Å². The molecule has 2 aromatic heterocycles. The summed E-state index contributed by atoms with van der Waals surface area (Å²) >= 11 is 0. The smallest absolute Gasteiger partial charge is 0.329 e. The third kappa shape index (κ3) is 2.98. The lowest BCUT2D eigenvalue weighted by Gasteiger charge is -2.19. The average Bonchev–Trinajstić information content (AvgIpc) is 3.56. The van der Waals surface area contributed by atoms with E-state index in [0.29, 0.717) is 11.4 Å². The van der Waals surface area contributed by atoms with E-state index in [1.807, 2.05) is 49.7 Å². The van der Waals surface area contributed by atoms with Crippen molar-refractivity contribution in [3.05, 3.63) is 63.2 Å². The molecule has 1 aliphatic rings. The zero-order chi connectivity index (χ0) is 21.9. The van der Waals surface area contributed by atoms with Crippen molar-refractivity contribution < 1.29 is 0 Å². The summed E-state index contributed by atoms with van der Waals surface area (Å²) in [4.78, 5) is 12.8. The number of nitriles is 1. The average molecular weight is 412 g/mol. The van der Waals surface area contributed by atoms with Gasteiger partial charge >= 0.3 is 5.69 Å². The molecule has 5 rings (SSSR count). The van der Waals surface area contributed by atoms with Crippen LogP contribution in [0, 0.1) is 25.2 Å². The molecule has 1 aliphatic carbocycles. The molecule has 7 heteroatoms. The second kappa shape index (κ2) is 6.95. The van der Waals surface area contributed by atoms with Crippen LogP contribution >= 0.6 is 0 Å². The number of rotatable bonds is 4.